The summed E-state index contributed by atoms with van der Waals surface area (Å²) in [6.45, 7) is 5.51. The summed E-state index contributed by atoms with van der Waals surface area (Å²) in [5.41, 5.74) is 0.521. The molecule has 0 radical (unpaired) electrons. The number of aromatic nitrogens is 1. The van der Waals surface area contributed by atoms with Gasteiger partial charge in [-0.1, -0.05) is 18.3 Å². The lowest BCUT2D eigenvalue weighted by Gasteiger charge is -2.37. The number of nitrogens with zero attached hydrogens (tertiary/aromatic N) is 2. The van der Waals surface area contributed by atoms with Gasteiger partial charge < -0.3 is 14.7 Å². The number of anilines is 1. The lowest BCUT2D eigenvalue weighted by atomic mass is 10.2. The molecule has 2 rings (SSSR count). The number of hydrogen-bond acceptors (Lipinski definition) is 6. The molecule has 1 aromatic rings. The predicted octanol–water partition coefficient (Wildman–Crippen LogP) is 2.32. The van der Waals surface area contributed by atoms with E-state index in [-0.39, 0.29) is 11.5 Å². The smallest absolute Gasteiger partial charge is 0.347 e. The van der Waals surface area contributed by atoms with Crippen LogP contribution in [-0.4, -0.2) is 46.8 Å². The number of hydrogen-bond donors (Lipinski definition) is 1. The second-order valence-corrected chi connectivity index (χ2v) is 6.98. The van der Waals surface area contributed by atoms with Crippen LogP contribution in [0.4, 0.5) is 5.13 Å². The largest absolute Gasteiger partial charge is 0.477 e. The van der Waals surface area contributed by atoms with Crippen LogP contribution in [0.2, 0.25) is 0 Å². The van der Waals surface area contributed by atoms with E-state index < -0.39 is 5.97 Å². The fourth-order valence-electron chi connectivity index (χ4n) is 2.07. The van der Waals surface area contributed by atoms with Crippen molar-refractivity contribution in [3.05, 3.63) is 10.6 Å². The minimum atomic E-state index is -0.928. The molecule has 0 saturated carbocycles. The van der Waals surface area contributed by atoms with Gasteiger partial charge in [-0.15, -0.1) is 0 Å². The Balaban J connectivity index is 2.29. The van der Waals surface area contributed by atoms with Gasteiger partial charge in [0, 0.05) is 30.7 Å². The Morgan fingerprint density at radius 2 is 2.32 bits per heavy atom. The Kier molecular flexibility index (Phi) is 4.70. The molecule has 1 aliphatic rings. The Morgan fingerprint density at radius 1 is 1.58 bits per heavy atom. The van der Waals surface area contributed by atoms with Gasteiger partial charge in [0.1, 0.15) is 4.88 Å². The number of ether oxygens (including phenoxy) is 1. The molecule has 7 heteroatoms. The highest BCUT2D eigenvalue weighted by Crippen LogP contribution is 2.33. The molecule has 1 aromatic heterocycles. The number of carboxylic acids is 1. The molecule has 1 fully saturated rings. The molecule has 0 aliphatic carbocycles. The summed E-state index contributed by atoms with van der Waals surface area (Å²) < 4.78 is 5.03. The van der Waals surface area contributed by atoms with E-state index in [0.29, 0.717) is 17.0 Å². The maximum Gasteiger partial charge on any atom is 0.347 e. The first-order chi connectivity index (χ1) is 9.04. The summed E-state index contributed by atoms with van der Waals surface area (Å²) >= 11 is 3.19. The maximum atomic E-state index is 11.2. The minimum Gasteiger partial charge on any atom is -0.477 e. The van der Waals surface area contributed by atoms with Crippen molar-refractivity contribution in [2.24, 2.45) is 0 Å². The van der Waals surface area contributed by atoms with E-state index in [9.17, 15) is 9.90 Å². The van der Waals surface area contributed by atoms with Crippen molar-refractivity contribution >= 4 is 34.2 Å². The zero-order valence-electron chi connectivity index (χ0n) is 11.3. The third-order valence-corrected chi connectivity index (χ3v) is 5.75. The van der Waals surface area contributed by atoms with Gasteiger partial charge in [0.2, 0.25) is 0 Å². The highest BCUT2D eigenvalue weighted by atomic mass is 32.2. The van der Waals surface area contributed by atoms with Crippen molar-refractivity contribution in [3.8, 4) is 0 Å². The molecule has 1 saturated heterocycles. The molecule has 2 heterocycles. The summed E-state index contributed by atoms with van der Waals surface area (Å²) in [5.74, 6) is 0.121. The van der Waals surface area contributed by atoms with Crippen molar-refractivity contribution in [2.45, 2.75) is 31.7 Å². The monoisotopic (exact) mass is 302 g/mol. The van der Waals surface area contributed by atoms with E-state index in [1.807, 2.05) is 11.8 Å². The van der Waals surface area contributed by atoms with Gasteiger partial charge in [-0.2, -0.15) is 11.8 Å². The highest BCUT2D eigenvalue weighted by molar-refractivity contribution is 8.00. The van der Waals surface area contributed by atoms with Gasteiger partial charge in [0.25, 0.3) is 0 Å². The molecule has 2 unspecified atom stereocenters. The predicted molar refractivity (Wildman–Crippen MR) is 78.5 cm³/mol. The van der Waals surface area contributed by atoms with Crippen molar-refractivity contribution in [2.75, 3.05) is 24.3 Å². The summed E-state index contributed by atoms with van der Waals surface area (Å²) in [4.78, 5) is 18.2. The van der Waals surface area contributed by atoms with Crippen LogP contribution in [0.5, 0.6) is 0 Å². The quantitative estimate of drug-likeness (QED) is 0.921. The first kappa shape index (κ1) is 14.6. The number of carboxylic acid groups (broad SMARTS) is 1. The molecule has 1 N–H and O–H groups in total. The summed E-state index contributed by atoms with van der Waals surface area (Å²) in [6, 6.07) is 0.363. The van der Waals surface area contributed by atoms with E-state index in [0.717, 1.165) is 17.4 Å². The SMILES string of the molecule is COCc1nc(N2CCSC(C)C2C)sc1C(=O)O. The summed E-state index contributed by atoms with van der Waals surface area (Å²) in [5, 5.41) is 10.5. The van der Waals surface area contributed by atoms with Crippen LogP contribution in [0, 0.1) is 0 Å². The third kappa shape index (κ3) is 3.04. The first-order valence-electron chi connectivity index (χ1n) is 6.14. The Bertz CT molecular complexity index is 464. The third-order valence-electron chi connectivity index (χ3n) is 3.29. The van der Waals surface area contributed by atoms with Gasteiger partial charge in [-0.3, -0.25) is 0 Å². The van der Waals surface area contributed by atoms with Crippen LogP contribution < -0.4 is 4.90 Å². The normalized spacial score (nSPS) is 23.6. The minimum absolute atomic E-state index is 0.241. The van der Waals surface area contributed by atoms with E-state index >= 15 is 0 Å². The van der Waals surface area contributed by atoms with Crippen molar-refractivity contribution in [1.29, 1.82) is 0 Å². The number of rotatable bonds is 4. The van der Waals surface area contributed by atoms with Crippen molar-refractivity contribution in [3.63, 3.8) is 0 Å². The van der Waals surface area contributed by atoms with E-state index in [1.54, 1.807) is 7.11 Å². The second-order valence-electron chi connectivity index (χ2n) is 4.52. The summed E-state index contributed by atoms with van der Waals surface area (Å²) in [7, 11) is 1.55. The van der Waals surface area contributed by atoms with E-state index in [4.69, 9.17) is 4.74 Å². The molecular formula is C12H18N2O3S2. The fourth-order valence-corrected chi connectivity index (χ4v) is 4.19. The van der Waals surface area contributed by atoms with Crippen LogP contribution in [0.15, 0.2) is 0 Å². The Labute approximate surface area is 121 Å². The zero-order chi connectivity index (χ0) is 14.0. The van der Waals surface area contributed by atoms with Crippen LogP contribution in [-0.2, 0) is 11.3 Å². The van der Waals surface area contributed by atoms with Gasteiger partial charge in [-0.05, 0) is 6.92 Å². The van der Waals surface area contributed by atoms with E-state index in [1.165, 1.54) is 11.3 Å². The molecular weight excluding hydrogens is 284 g/mol. The van der Waals surface area contributed by atoms with Crippen LogP contribution in [0.3, 0.4) is 0 Å². The Morgan fingerprint density at radius 3 is 2.95 bits per heavy atom. The number of carbonyl (C=O) groups is 1. The molecule has 0 aromatic carbocycles. The topological polar surface area (TPSA) is 62.7 Å². The van der Waals surface area contributed by atoms with Gasteiger partial charge in [0.15, 0.2) is 5.13 Å². The highest BCUT2D eigenvalue weighted by Gasteiger charge is 2.29. The first-order valence-corrected chi connectivity index (χ1v) is 8.01. The molecule has 1 aliphatic heterocycles. The molecule has 2 atom stereocenters. The molecule has 19 heavy (non-hydrogen) atoms. The lowest BCUT2D eigenvalue weighted by molar-refractivity contribution is 0.0697. The van der Waals surface area contributed by atoms with Crippen LogP contribution in [0.1, 0.15) is 29.2 Å². The van der Waals surface area contributed by atoms with Crippen LogP contribution in [0.25, 0.3) is 0 Å². The zero-order valence-corrected chi connectivity index (χ0v) is 12.9. The summed E-state index contributed by atoms with van der Waals surface area (Å²) in [6.07, 6.45) is 0. The van der Waals surface area contributed by atoms with Crippen molar-refractivity contribution in [1.82, 2.24) is 4.98 Å². The van der Waals surface area contributed by atoms with Gasteiger partial charge in [0.05, 0.1) is 12.3 Å². The Hall–Kier alpha value is -0.790. The van der Waals surface area contributed by atoms with Gasteiger partial charge in [-0.25, -0.2) is 9.78 Å². The number of thiazole rings is 1. The molecule has 0 spiro atoms. The molecule has 106 valence electrons. The average molecular weight is 302 g/mol. The number of aromatic carboxylic acids is 1. The number of thioether (sulfide) groups is 1. The van der Waals surface area contributed by atoms with Crippen LogP contribution >= 0.6 is 23.1 Å². The fraction of sp³-hybridized carbons (Fsp3) is 0.667. The molecule has 0 amide bonds. The number of methoxy groups -OCH3 is 1. The lowest BCUT2D eigenvalue weighted by Crippen LogP contribution is -2.44. The maximum absolute atomic E-state index is 11.2. The van der Waals surface area contributed by atoms with E-state index in [2.05, 4.69) is 23.7 Å². The average Bonchev–Trinajstić information content (AvgIpc) is 2.77. The standard InChI is InChI=1S/C12H18N2O3S2/c1-7-8(2)18-5-4-14(7)12-13-9(6-17-3)10(19-12)11(15)16/h7-8H,4-6H2,1-3H3,(H,15,16). The second kappa shape index (κ2) is 6.11. The molecule has 0 bridgehead atoms. The molecule has 5 nitrogen and oxygen atoms in total. The van der Waals surface area contributed by atoms with Crippen molar-refractivity contribution < 1.29 is 14.6 Å². The van der Waals surface area contributed by atoms with Gasteiger partial charge >= 0.3 is 5.97 Å².